The van der Waals surface area contributed by atoms with Crippen LogP contribution < -0.4 is 0 Å². The molecule has 0 spiro atoms. The van der Waals surface area contributed by atoms with Crippen molar-refractivity contribution in [1.82, 2.24) is 4.98 Å². The van der Waals surface area contributed by atoms with Gasteiger partial charge in [0.15, 0.2) is 0 Å². The Kier molecular flexibility index (Phi) is 8.67. The molecule has 0 bridgehead atoms. The minimum absolute atomic E-state index is 0.322. The first-order valence-corrected chi connectivity index (χ1v) is 4.89. The number of hydrogen-bond donors (Lipinski definition) is 1. The second kappa shape index (κ2) is 10.1. The molecular weight excluding hydrogens is 214 g/mol. The zero-order valence-electron chi connectivity index (χ0n) is 9.49. The van der Waals surface area contributed by atoms with Crippen LogP contribution in [0, 0.1) is 0 Å². The lowest BCUT2D eigenvalue weighted by molar-refractivity contribution is -0.0979. The summed E-state index contributed by atoms with van der Waals surface area (Å²) >= 11 is 0. The van der Waals surface area contributed by atoms with Crippen molar-refractivity contribution in [3.63, 3.8) is 0 Å². The predicted molar refractivity (Wildman–Crippen MR) is 69.6 cm³/mol. The summed E-state index contributed by atoms with van der Waals surface area (Å²) in [4.78, 5) is 12.0. The molecule has 88 valence electrons. The molecule has 0 aliphatic heterocycles. The third kappa shape index (κ3) is 7.50. The normalized spacial score (nSPS) is 7.76. The van der Waals surface area contributed by atoms with E-state index < -0.39 is 0 Å². The highest BCUT2D eigenvalue weighted by atomic mass is 16.3. The van der Waals surface area contributed by atoms with E-state index in [-0.39, 0.29) is 0 Å². The zero-order chi connectivity index (χ0) is 12.9. The highest BCUT2D eigenvalue weighted by Gasteiger charge is 1.77. The lowest BCUT2D eigenvalue weighted by Gasteiger charge is -1.84. The Balaban J connectivity index is 0.000000265. The molecule has 0 saturated carbocycles. The highest BCUT2D eigenvalue weighted by molar-refractivity contribution is 5.40. The maximum atomic E-state index is 8.63. The Bertz CT molecular complexity index is 401. The Morgan fingerprint density at radius 2 is 1.59 bits per heavy atom. The van der Waals surface area contributed by atoms with Gasteiger partial charge in [-0.2, -0.15) is 0 Å². The number of nitrogens with zero attached hydrogens (tertiary/aromatic N) is 1. The highest BCUT2D eigenvalue weighted by Crippen LogP contribution is 2.02. The summed E-state index contributed by atoms with van der Waals surface area (Å²) in [6.45, 7) is 5.57. The van der Waals surface area contributed by atoms with Gasteiger partial charge in [-0.15, -0.1) is 0 Å². The van der Waals surface area contributed by atoms with E-state index in [1.807, 2.05) is 31.1 Å². The topological polar surface area (TPSA) is 50.2 Å². The molecule has 3 nitrogen and oxygen atoms in total. The average Bonchev–Trinajstić information content (AvgIpc) is 2.43. The third-order valence-corrected chi connectivity index (χ3v) is 1.65. The Morgan fingerprint density at radius 3 is 1.88 bits per heavy atom. The van der Waals surface area contributed by atoms with Crippen molar-refractivity contribution < 1.29 is 9.90 Å². The van der Waals surface area contributed by atoms with Gasteiger partial charge in [-0.05, 0) is 30.3 Å². The summed E-state index contributed by atoms with van der Waals surface area (Å²) in [6.07, 6.45) is 3.47. The van der Waals surface area contributed by atoms with E-state index in [4.69, 9.17) is 9.90 Å². The molecule has 0 atom stereocenters. The van der Waals surface area contributed by atoms with Gasteiger partial charge in [-0.25, -0.2) is 0 Å². The lowest BCUT2D eigenvalue weighted by Crippen LogP contribution is -1.73. The first kappa shape index (κ1) is 14.6. The summed E-state index contributed by atoms with van der Waals surface area (Å²) in [7, 11) is 0. The number of pyridine rings is 1. The Hall–Kier alpha value is -2.42. The van der Waals surface area contributed by atoms with E-state index in [9.17, 15) is 0 Å². The summed E-state index contributed by atoms with van der Waals surface area (Å²) in [5, 5.41) is 8.63. The number of para-hydroxylation sites is 1. The van der Waals surface area contributed by atoms with Gasteiger partial charge in [0.05, 0.1) is 5.69 Å². The molecule has 0 aliphatic rings. The molecule has 2 aromatic rings. The number of benzene rings is 1. The van der Waals surface area contributed by atoms with Gasteiger partial charge in [0.1, 0.15) is 12.5 Å². The number of phenols is 1. The summed E-state index contributed by atoms with van der Waals surface area (Å²) in [6, 6.07) is 14.4. The molecule has 1 heterocycles. The molecule has 0 radical (unpaired) electrons. The van der Waals surface area contributed by atoms with E-state index in [1.54, 1.807) is 36.5 Å². The molecule has 3 heteroatoms. The minimum atomic E-state index is 0.322. The van der Waals surface area contributed by atoms with Crippen molar-refractivity contribution >= 4 is 12.9 Å². The minimum Gasteiger partial charge on any atom is -0.508 e. The maximum absolute atomic E-state index is 8.63. The molecule has 2 rings (SSSR count). The van der Waals surface area contributed by atoms with Gasteiger partial charge in [-0.3, -0.25) is 4.98 Å². The van der Waals surface area contributed by atoms with Crippen LogP contribution in [0.2, 0.25) is 0 Å². The molecule has 1 N–H and O–H groups in total. The van der Waals surface area contributed by atoms with Crippen LogP contribution in [0.3, 0.4) is 0 Å². The van der Waals surface area contributed by atoms with Gasteiger partial charge >= 0.3 is 0 Å². The molecule has 0 fully saturated rings. The van der Waals surface area contributed by atoms with Crippen LogP contribution in [0.1, 0.15) is 5.69 Å². The van der Waals surface area contributed by atoms with Crippen LogP contribution in [0.4, 0.5) is 0 Å². The molecular formula is C14H15NO2. The van der Waals surface area contributed by atoms with Crippen molar-refractivity contribution in [2.75, 3.05) is 0 Å². The van der Waals surface area contributed by atoms with Crippen LogP contribution in [-0.4, -0.2) is 16.9 Å². The average molecular weight is 229 g/mol. The maximum Gasteiger partial charge on any atom is 0.115 e. The summed E-state index contributed by atoms with van der Waals surface area (Å²) in [5.41, 5.74) is 0.924. The van der Waals surface area contributed by atoms with Crippen LogP contribution in [0.15, 0.2) is 61.3 Å². The lowest BCUT2D eigenvalue weighted by atomic mass is 10.3. The number of aromatic hydroxyl groups is 1. The smallest absolute Gasteiger partial charge is 0.115 e. The standard InChI is InChI=1S/C7H7N.C6H6O.CH2O/c1-2-7-5-3-4-6-8-7;7-6-4-2-1-3-5-6;1-2/h2-6H,1H2;1-5,7H;1H2. The van der Waals surface area contributed by atoms with Crippen LogP contribution in [0.25, 0.3) is 6.08 Å². The number of hydrogen-bond acceptors (Lipinski definition) is 3. The van der Waals surface area contributed by atoms with E-state index >= 15 is 0 Å². The zero-order valence-corrected chi connectivity index (χ0v) is 9.49. The second-order valence-electron chi connectivity index (χ2n) is 2.79. The van der Waals surface area contributed by atoms with Gasteiger partial charge in [0.25, 0.3) is 0 Å². The van der Waals surface area contributed by atoms with E-state index in [0.29, 0.717) is 5.75 Å². The van der Waals surface area contributed by atoms with Crippen molar-refractivity contribution in [1.29, 1.82) is 0 Å². The number of carbonyl (C=O) groups excluding carboxylic acids is 1. The SMILES string of the molecule is C=Cc1ccccn1.C=O.Oc1ccccc1. The Labute approximate surface area is 101 Å². The van der Waals surface area contributed by atoms with E-state index in [2.05, 4.69) is 11.6 Å². The van der Waals surface area contributed by atoms with Crippen LogP contribution in [-0.2, 0) is 4.79 Å². The quantitative estimate of drug-likeness (QED) is 0.818. The molecule has 1 aromatic carbocycles. The van der Waals surface area contributed by atoms with Crippen molar-refractivity contribution in [3.05, 3.63) is 67.0 Å². The largest absolute Gasteiger partial charge is 0.508 e. The first-order valence-electron chi connectivity index (χ1n) is 4.89. The number of phenolic OH excluding ortho intramolecular Hbond substituents is 1. The monoisotopic (exact) mass is 229 g/mol. The van der Waals surface area contributed by atoms with Crippen molar-refractivity contribution in [2.24, 2.45) is 0 Å². The van der Waals surface area contributed by atoms with Crippen molar-refractivity contribution in [2.45, 2.75) is 0 Å². The van der Waals surface area contributed by atoms with Crippen molar-refractivity contribution in [3.8, 4) is 5.75 Å². The van der Waals surface area contributed by atoms with Crippen LogP contribution in [0.5, 0.6) is 5.75 Å². The van der Waals surface area contributed by atoms with E-state index in [0.717, 1.165) is 5.69 Å². The van der Waals surface area contributed by atoms with Gasteiger partial charge < -0.3 is 9.90 Å². The van der Waals surface area contributed by atoms with Gasteiger partial charge in [0, 0.05) is 6.20 Å². The number of rotatable bonds is 1. The first-order chi connectivity index (χ1) is 8.33. The molecule has 0 unspecified atom stereocenters. The fraction of sp³-hybridized carbons (Fsp3) is 0. The fourth-order valence-corrected chi connectivity index (χ4v) is 0.925. The fourth-order valence-electron chi connectivity index (χ4n) is 0.925. The molecule has 0 saturated heterocycles. The van der Waals surface area contributed by atoms with Gasteiger partial charge in [-0.1, -0.05) is 30.8 Å². The molecule has 1 aromatic heterocycles. The third-order valence-electron chi connectivity index (χ3n) is 1.65. The van der Waals surface area contributed by atoms with Crippen LogP contribution >= 0.6 is 0 Å². The molecule has 0 amide bonds. The Morgan fingerprint density at radius 1 is 1.00 bits per heavy atom. The number of aromatic nitrogens is 1. The molecule has 17 heavy (non-hydrogen) atoms. The van der Waals surface area contributed by atoms with E-state index in [1.165, 1.54) is 0 Å². The summed E-state index contributed by atoms with van der Waals surface area (Å²) in [5.74, 6) is 0.322. The molecule has 0 aliphatic carbocycles. The predicted octanol–water partition coefficient (Wildman–Crippen LogP) is 2.93. The number of carbonyl (C=O) groups is 1. The second-order valence-corrected chi connectivity index (χ2v) is 2.79. The van der Waals surface area contributed by atoms with Gasteiger partial charge in [0.2, 0.25) is 0 Å². The summed E-state index contributed by atoms with van der Waals surface area (Å²) < 4.78 is 0.